The molecule has 0 aliphatic rings. The van der Waals surface area contributed by atoms with E-state index in [-0.39, 0.29) is 12.5 Å². The van der Waals surface area contributed by atoms with E-state index in [0.29, 0.717) is 5.82 Å². The fourth-order valence-corrected chi connectivity index (χ4v) is 1.24. The Labute approximate surface area is 95.2 Å². The minimum Gasteiger partial charge on any atom is -0.368 e. The van der Waals surface area contributed by atoms with Crippen molar-refractivity contribution in [1.29, 1.82) is 0 Å². The summed E-state index contributed by atoms with van der Waals surface area (Å²) in [6.07, 6.45) is 2.72. The quantitative estimate of drug-likeness (QED) is 0.790. The Balaban J connectivity index is 2.72. The van der Waals surface area contributed by atoms with Crippen molar-refractivity contribution in [1.82, 2.24) is 9.97 Å². The van der Waals surface area contributed by atoms with Gasteiger partial charge in [-0.2, -0.15) is 4.98 Å². The molecule has 3 N–H and O–H groups in total. The number of nitrogen functional groups attached to an aromatic ring is 1. The molecule has 7 heteroatoms. The van der Waals surface area contributed by atoms with Gasteiger partial charge >= 0.3 is 0 Å². The average molecular weight is 244 g/mol. The molecule has 90 valence electrons. The molecule has 0 radical (unpaired) electrons. The number of anilines is 2. The molecule has 0 spiro atoms. The van der Waals surface area contributed by atoms with E-state index in [9.17, 15) is 8.42 Å². The lowest BCUT2D eigenvalue weighted by Gasteiger charge is -2.22. The van der Waals surface area contributed by atoms with Gasteiger partial charge < -0.3 is 11.1 Å². The van der Waals surface area contributed by atoms with E-state index in [2.05, 4.69) is 15.3 Å². The summed E-state index contributed by atoms with van der Waals surface area (Å²) in [7, 11) is -3.12. The summed E-state index contributed by atoms with van der Waals surface area (Å²) in [5.41, 5.74) is 5.40. The lowest BCUT2D eigenvalue weighted by Crippen LogP contribution is -2.38. The average Bonchev–Trinajstić information content (AvgIpc) is 2.13. The Hall–Kier alpha value is -1.37. The maximum atomic E-state index is 11.4. The third kappa shape index (κ3) is 3.06. The van der Waals surface area contributed by atoms with E-state index < -0.39 is 14.6 Å². The van der Waals surface area contributed by atoms with Gasteiger partial charge in [0.05, 0.1) is 4.75 Å². The Morgan fingerprint density at radius 2 is 2.12 bits per heavy atom. The van der Waals surface area contributed by atoms with Gasteiger partial charge in [0, 0.05) is 19.0 Å². The van der Waals surface area contributed by atoms with Gasteiger partial charge in [0.25, 0.3) is 0 Å². The molecule has 1 aromatic rings. The van der Waals surface area contributed by atoms with Crippen molar-refractivity contribution in [2.75, 3.05) is 23.9 Å². The van der Waals surface area contributed by atoms with E-state index in [1.165, 1.54) is 12.5 Å². The highest BCUT2D eigenvalue weighted by Crippen LogP contribution is 2.15. The molecule has 0 unspecified atom stereocenters. The standard InChI is InChI=1S/C9H16N4O2S/c1-9(2,16(3,14)15)6-12-7-4-5-11-8(10)13-7/h4-5H,6H2,1-3H3,(H3,10,11,12,13). The van der Waals surface area contributed by atoms with Gasteiger partial charge in [-0.1, -0.05) is 0 Å². The van der Waals surface area contributed by atoms with Gasteiger partial charge in [-0.05, 0) is 19.9 Å². The van der Waals surface area contributed by atoms with Crippen molar-refractivity contribution < 1.29 is 8.42 Å². The highest BCUT2D eigenvalue weighted by Gasteiger charge is 2.29. The van der Waals surface area contributed by atoms with Gasteiger partial charge in [-0.15, -0.1) is 0 Å². The first-order valence-corrected chi connectivity index (χ1v) is 6.63. The molecular weight excluding hydrogens is 228 g/mol. The predicted molar refractivity (Wildman–Crippen MR) is 63.9 cm³/mol. The summed E-state index contributed by atoms with van der Waals surface area (Å²) in [5.74, 6) is 0.673. The summed E-state index contributed by atoms with van der Waals surface area (Å²) < 4.78 is 22.0. The van der Waals surface area contributed by atoms with Crippen LogP contribution in [-0.2, 0) is 9.84 Å². The number of hydrogen-bond donors (Lipinski definition) is 2. The number of nitrogens with one attached hydrogen (secondary N) is 1. The van der Waals surface area contributed by atoms with Crippen molar-refractivity contribution >= 4 is 21.6 Å². The van der Waals surface area contributed by atoms with Crippen molar-refractivity contribution in [2.45, 2.75) is 18.6 Å². The summed E-state index contributed by atoms with van der Waals surface area (Å²) in [6, 6.07) is 1.63. The molecule has 0 aromatic carbocycles. The maximum absolute atomic E-state index is 11.4. The van der Waals surface area contributed by atoms with Crippen LogP contribution in [-0.4, -0.2) is 35.9 Å². The molecule has 0 fully saturated rings. The monoisotopic (exact) mass is 244 g/mol. The first-order valence-electron chi connectivity index (χ1n) is 4.74. The molecule has 0 amide bonds. The Morgan fingerprint density at radius 1 is 1.50 bits per heavy atom. The highest BCUT2D eigenvalue weighted by atomic mass is 32.2. The van der Waals surface area contributed by atoms with Crippen LogP contribution in [0.1, 0.15) is 13.8 Å². The Bertz CT molecular complexity index is 470. The van der Waals surface area contributed by atoms with E-state index in [1.807, 2.05) is 0 Å². The minimum atomic E-state index is -3.12. The third-order valence-electron chi connectivity index (χ3n) is 2.37. The third-order valence-corrected chi connectivity index (χ3v) is 4.53. The molecule has 0 saturated heterocycles. The van der Waals surface area contributed by atoms with Crippen molar-refractivity contribution in [3.05, 3.63) is 12.3 Å². The van der Waals surface area contributed by atoms with Crippen LogP contribution < -0.4 is 11.1 Å². The second-order valence-corrected chi connectivity index (χ2v) is 6.83. The van der Waals surface area contributed by atoms with Gasteiger partial charge in [0.15, 0.2) is 9.84 Å². The molecule has 1 rings (SSSR count). The van der Waals surface area contributed by atoms with Crippen LogP contribution in [0.4, 0.5) is 11.8 Å². The maximum Gasteiger partial charge on any atom is 0.221 e. The number of hydrogen-bond acceptors (Lipinski definition) is 6. The molecular formula is C9H16N4O2S. The van der Waals surface area contributed by atoms with Gasteiger partial charge in [0.1, 0.15) is 5.82 Å². The van der Waals surface area contributed by atoms with E-state index in [0.717, 1.165) is 0 Å². The fourth-order valence-electron chi connectivity index (χ4n) is 0.907. The second kappa shape index (κ2) is 4.25. The SMILES string of the molecule is CC(C)(CNc1ccnc(N)n1)S(C)(=O)=O. The van der Waals surface area contributed by atoms with Crippen LogP contribution in [0.15, 0.2) is 12.3 Å². The molecule has 1 aromatic heterocycles. The normalized spacial score (nSPS) is 12.4. The predicted octanol–water partition coefficient (Wildman–Crippen LogP) is 0.294. The summed E-state index contributed by atoms with van der Waals surface area (Å²) >= 11 is 0. The van der Waals surface area contributed by atoms with Crippen LogP contribution in [0.3, 0.4) is 0 Å². The molecule has 0 aliphatic heterocycles. The molecule has 16 heavy (non-hydrogen) atoms. The molecule has 0 bridgehead atoms. The number of aromatic nitrogens is 2. The number of nitrogens with zero attached hydrogens (tertiary/aromatic N) is 2. The second-order valence-electron chi connectivity index (χ2n) is 4.19. The number of nitrogens with two attached hydrogens (primary N) is 1. The van der Waals surface area contributed by atoms with Crippen molar-refractivity contribution in [3.63, 3.8) is 0 Å². The lowest BCUT2D eigenvalue weighted by molar-refractivity contribution is 0.559. The smallest absolute Gasteiger partial charge is 0.221 e. The van der Waals surface area contributed by atoms with Crippen LogP contribution >= 0.6 is 0 Å². The van der Waals surface area contributed by atoms with Crippen molar-refractivity contribution in [3.8, 4) is 0 Å². The van der Waals surface area contributed by atoms with Crippen LogP contribution in [0.25, 0.3) is 0 Å². The first-order chi connectivity index (χ1) is 7.22. The van der Waals surface area contributed by atoms with Crippen molar-refractivity contribution in [2.24, 2.45) is 0 Å². The number of sulfone groups is 1. The van der Waals surface area contributed by atoms with E-state index in [4.69, 9.17) is 5.73 Å². The molecule has 0 atom stereocenters. The number of rotatable bonds is 4. The summed E-state index contributed by atoms with van der Waals surface area (Å²) in [6.45, 7) is 3.57. The minimum absolute atomic E-state index is 0.155. The largest absolute Gasteiger partial charge is 0.368 e. The zero-order chi connectivity index (χ0) is 12.4. The van der Waals surface area contributed by atoms with E-state index in [1.54, 1.807) is 19.9 Å². The molecule has 0 saturated carbocycles. The Morgan fingerprint density at radius 3 is 2.62 bits per heavy atom. The van der Waals surface area contributed by atoms with Crippen LogP contribution in [0.5, 0.6) is 0 Å². The lowest BCUT2D eigenvalue weighted by atomic mass is 10.2. The zero-order valence-corrected chi connectivity index (χ0v) is 10.4. The zero-order valence-electron chi connectivity index (χ0n) is 9.56. The van der Waals surface area contributed by atoms with Crippen LogP contribution in [0.2, 0.25) is 0 Å². The summed E-state index contributed by atoms with van der Waals surface area (Å²) in [5, 5.41) is 2.92. The fraction of sp³-hybridized carbons (Fsp3) is 0.556. The molecule has 1 heterocycles. The van der Waals surface area contributed by atoms with Gasteiger partial charge in [0.2, 0.25) is 5.95 Å². The Kier molecular flexibility index (Phi) is 3.37. The summed E-state index contributed by atoms with van der Waals surface area (Å²) in [4.78, 5) is 7.66. The highest BCUT2D eigenvalue weighted by molar-refractivity contribution is 7.92. The molecule has 0 aliphatic carbocycles. The van der Waals surface area contributed by atoms with E-state index >= 15 is 0 Å². The topological polar surface area (TPSA) is 98.0 Å². The van der Waals surface area contributed by atoms with Crippen LogP contribution in [0, 0.1) is 0 Å². The molecule has 6 nitrogen and oxygen atoms in total. The van der Waals surface area contributed by atoms with Gasteiger partial charge in [-0.25, -0.2) is 13.4 Å². The van der Waals surface area contributed by atoms with Gasteiger partial charge in [-0.3, -0.25) is 0 Å². The first kappa shape index (κ1) is 12.7.